The Kier molecular flexibility index (Phi) is 5.98. The quantitative estimate of drug-likeness (QED) is 0.752. The number of benzene rings is 2. The lowest BCUT2D eigenvalue weighted by atomic mass is 10.1. The summed E-state index contributed by atoms with van der Waals surface area (Å²) in [7, 11) is 3.49. The largest absolute Gasteiger partial charge is 0.427 e. The molecule has 2 aliphatic rings. The predicted molar refractivity (Wildman–Crippen MR) is 114 cm³/mol. The third-order valence-corrected chi connectivity index (χ3v) is 5.61. The first kappa shape index (κ1) is 19.0. The molecule has 2 aromatic rings. The molecule has 2 heterocycles. The smallest absolute Gasteiger partial charge is 0.398 e. The van der Waals surface area contributed by atoms with Crippen LogP contribution in [0.5, 0.6) is 0 Å². The molecule has 1 fully saturated rings. The minimum atomic E-state index is 0.221. The van der Waals surface area contributed by atoms with Crippen LogP contribution in [0.1, 0.15) is 24.0 Å². The Labute approximate surface area is 168 Å². The topological polar surface area (TPSA) is 36.0 Å². The van der Waals surface area contributed by atoms with Crippen molar-refractivity contribution in [3.05, 3.63) is 59.7 Å². The van der Waals surface area contributed by atoms with Crippen molar-refractivity contribution in [1.82, 2.24) is 4.81 Å². The van der Waals surface area contributed by atoms with Gasteiger partial charge < -0.3 is 19.3 Å². The van der Waals surface area contributed by atoms with Gasteiger partial charge in [0.15, 0.2) is 0 Å². The van der Waals surface area contributed by atoms with Gasteiger partial charge in [-0.25, -0.2) is 0 Å². The van der Waals surface area contributed by atoms with Crippen molar-refractivity contribution in [2.75, 3.05) is 43.1 Å². The van der Waals surface area contributed by atoms with Crippen molar-refractivity contribution in [2.45, 2.75) is 25.8 Å². The third kappa shape index (κ3) is 4.23. The van der Waals surface area contributed by atoms with Gasteiger partial charge in [-0.1, -0.05) is 30.3 Å². The number of aryl methyl sites for hydroxylation is 1. The highest BCUT2D eigenvalue weighted by atomic mass is 16.4. The van der Waals surface area contributed by atoms with Crippen molar-refractivity contribution in [1.29, 1.82) is 0 Å². The van der Waals surface area contributed by atoms with Crippen LogP contribution >= 0.6 is 0 Å². The van der Waals surface area contributed by atoms with Gasteiger partial charge >= 0.3 is 7.62 Å². The van der Waals surface area contributed by atoms with Crippen molar-refractivity contribution in [3.63, 3.8) is 0 Å². The summed E-state index contributed by atoms with van der Waals surface area (Å²) in [5.41, 5.74) is 4.74. The van der Waals surface area contributed by atoms with Crippen LogP contribution < -0.4 is 9.80 Å². The molecule has 1 radical (unpaired) electrons. The normalized spacial score (nSPS) is 18.0. The molecule has 2 aliphatic heterocycles. The summed E-state index contributed by atoms with van der Waals surface area (Å²) in [6, 6.07) is 16.9. The summed E-state index contributed by atoms with van der Waals surface area (Å²) in [5.74, 6) is 0.221. The Balaban J connectivity index is 1.50. The predicted octanol–water partition coefficient (Wildman–Crippen LogP) is 2.86. The molecule has 6 heteroatoms. The zero-order valence-electron chi connectivity index (χ0n) is 16.5. The minimum Gasteiger partial charge on any atom is -0.427 e. The molecule has 0 saturated carbocycles. The summed E-state index contributed by atoms with van der Waals surface area (Å²) in [4.78, 5) is 19.3. The molecule has 0 atom stereocenters. The molecule has 2 aromatic carbocycles. The van der Waals surface area contributed by atoms with Gasteiger partial charge in [-0.15, -0.1) is 0 Å². The molecule has 0 unspecified atom stereocenters. The van der Waals surface area contributed by atoms with E-state index >= 15 is 0 Å². The second kappa shape index (κ2) is 8.80. The lowest BCUT2D eigenvalue weighted by Crippen LogP contribution is -2.48. The van der Waals surface area contributed by atoms with E-state index in [-0.39, 0.29) is 5.91 Å². The van der Waals surface area contributed by atoms with Gasteiger partial charge in [0.2, 0.25) is 5.91 Å². The summed E-state index contributed by atoms with van der Waals surface area (Å²) in [6.07, 6.45) is 2.52. The highest BCUT2D eigenvalue weighted by Crippen LogP contribution is 2.29. The molecule has 145 valence electrons. The number of rotatable bonds is 5. The molecule has 0 N–H and O–H groups in total. The van der Waals surface area contributed by atoms with E-state index in [1.807, 2.05) is 11.0 Å². The zero-order chi connectivity index (χ0) is 19.3. The highest BCUT2D eigenvalue weighted by molar-refractivity contribution is 6.23. The summed E-state index contributed by atoms with van der Waals surface area (Å²) >= 11 is 0. The van der Waals surface area contributed by atoms with Crippen molar-refractivity contribution >= 4 is 24.9 Å². The number of carbonyl (C=O) groups excluding carboxylic acids is 1. The fourth-order valence-electron chi connectivity index (χ4n) is 4.13. The molecule has 1 amide bonds. The molecule has 0 spiro atoms. The number of fused-ring (bicyclic) bond motifs is 1. The van der Waals surface area contributed by atoms with Crippen LogP contribution in [0.2, 0.25) is 0 Å². The first-order valence-corrected chi connectivity index (χ1v) is 10.1. The average Bonchev–Trinajstić information content (AvgIpc) is 2.88. The maximum Gasteiger partial charge on any atom is 0.398 e. The van der Waals surface area contributed by atoms with E-state index in [1.165, 1.54) is 16.8 Å². The first-order chi connectivity index (χ1) is 13.7. The van der Waals surface area contributed by atoms with E-state index in [4.69, 9.17) is 4.65 Å². The van der Waals surface area contributed by atoms with Gasteiger partial charge in [-0.2, -0.15) is 0 Å². The lowest BCUT2D eigenvalue weighted by molar-refractivity contribution is -0.118. The number of amides is 1. The van der Waals surface area contributed by atoms with Gasteiger partial charge in [0.1, 0.15) is 0 Å². The summed E-state index contributed by atoms with van der Waals surface area (Å²) in [6.45, 7) is 4.47. The average molecular weight is 376 g/mol. The standard InChI is InChI=1S/C22H27BN3O2/c1-28-23-25-14-12-24(13-15-25)20-9-4-6-18(16-20)17-26-21-10-3-2-7-19(21)8-5-11-22(26)27/h2-4,6-7,9-10,16H,5,8,11-15,17H2,1H3. The van der Waals surface area contributed by atoms with Gasteiger partial charge in [0.05, 0.1) is 6.54 Å². The summed E-state index contributed by atoms with van der Waals surface area (Å²) in [5, 5.41) is 0. The van der Waals surface area contributed by atoms with Crippen molar-refractivity contribution in [3.8, 4) is 0 Å². The van der Waals surface area contributed by atoms with E-state index in [1.54, 1.807) is 14.7 Å². The van der Waals surface area contributed by atoms with Crippen LogP contribution in [0.4, 0.5) is 11.4 Å². The van der Waals surface area contributed by atoms with Gasteiger partial charge in [0, 0.05) is 51.1 Å². The number of nitrogens with zero attached hydrogens (tertiary/aromatic N) is 3. The number of carbonyl (C=O) groups is 1. The monoisotopic (exact) mass is 376 g/mol. The number of para-hydroxylation sites is 1. The number of hydrogen-bond acceptors (Lipinski definition) is 4. The SMILES string of the molecule is CO[B]N1CCN(c2cccc(CN3C(=O)CCCc4ccccc43)c2)CC1. The second-order valence-electron chi connectivity index (χ2n) is 7.50. The number of anilines is 2. The van der Waals surface area contributed by atoms with Crippen LogP contribution in [-0.4, -0.2) is 51.6 Å². The fourth-order valence-corrected chi connectivity index (χ4v) is 4.13. The highest BCUT2D eigenvalue weighted by Gasteiger charge is 2.23. The maximum absolute atomic E-state index is 12.8. The Morgan fingerprint density at radius 1 is 1.00 bits per heavy atom. The molecular formula is C22H27BN3O2. The molecular weight excluding hydrogens is 349 g/mol. The van der Waals surface area contributed by atoms with E-state index in [2.05, 4.69) is 52.2 Å². The Hall–Kier alpha value is -2.31. The number of hydrogen-bond donors (Lipinski definition) is 0. The maximum atomic E-state index is 12.8. The van der Waals surface area contributed by atoms with Gasteiger partial charge in [-0.3, -0.25) is 4.79 Å². The third-order valence-electron chi connectivity index (χ3n) is 5.61. The molecule has 0 aliphatic carbocycles. The van der Waals surface area contributed by atoms with Crippen LogP contribution in [0, 0.1) is 0 Å². The Bertz CT molecular complexity index is 821. The molecule has 0 bridgehead atoms. The van der Waals surface area contributed by atoms with E-state index in [0.29, 0.717) is 13.0 Å². The van der Waals surface area contributed by atoms with Gasteiger partial charge in [0.25, 0.3) is 0 Å². The summed E-state index contributed by atoms with van der Waals surface area (Å²) < 4.78 is 5.12. The zero-order valence-corrected chi connectivity index (χ0v) is 16.5. The molecule has 4 rings (SSSR count). The Morgan fingerprint density at radius 2 is 1.82 bits per heavy atom. The van der Waals surface area contributed by atoms with Crippen LogP contribution in [0.25, 0.3) is 0 Å². The van der Waals surface area contributed by atoms with Gasteiger partial charge in [-0.05, 0) is 42.2 Å². The fraction of sp³-hybridized carbons (Fsp3) is 0.409. The first-order valence-electron chi connectivity index (χ1n) is 10.1. The Morgan fingerprint density at radius 3 is 2.64 bits per heavy atom. The van der Waals surface area contributed by atoms with Crippen molar-refractivity contribution in [2.24, 2.45) is 0 Å². The minimum absolute atomic E-state index is 0.221. The molecule has 0 aromatic heterocycles. The second-order valence-corrected chi connectivity index (χ2v) is 7.50. The van der Waals surface area contributed by atoms with Crippen LogP contribution in [0.3, 0.4) is 0 Å². The van der Waals surface area contributed by atoms with Crippen LogP contribution in [0.15, 0.2) is 48.5 Å². The molecule has 1 saturated heterocycles. The van der Waals surface area contributed by atoms with Crippen LogP contribution in [-0.2, 0) is 22.4 Å². The van der Waals surface area contributed by atoms with E-state index < -0.39 is 0 Å². The molecule has 5 nitrogen and oxygen atoms in total. The van der Waals surface area contributed by atoms with E-state index in [0.717, 1.165) is 44.7 Å². The van der Waals surface area contributed by atoms with Crippen molar-refractivity contribution < 1.29 is 9.45 Å². The molecule has 28 heavy (non-hydrogen) atoms. The lowest BCUT2D eigenvalue weighted by Gasteiger charge is -2.35. The van der Waals surface area contributed by atoms with E-state index in [9.17, 15) is 4.79 Å². The number of piperazine rings is 1.